The van der Waals surface area contributed by atoms with E-state index in [-0.39, 0.29) is 18.6 Å². The van der Waals surface area contributed by atoms with Crippen molar-refractivity contribution >= 4 is 0 Å². The van der Waals surface area contributed by atoms with Crippen LogP contribution in [-0.4, -0.2) is 34.1 Å². The van der Waals surface area contributed by atoms with E-state index in [2.05, 4.69) is 24.8 Å². The van der Waals surface area contributed by atoms with Crippen molar-refractivity contribution in [1.29, 1.82) is 0 Å². The van der Waals surface area contributed by atoms with Gasteiger partial charge in [0.2, 0.25) is 0 Å². The van der Waals surface area contributed by atoms with Crippen LogP contribution in [0, 0.1) is 41.4 Å². The number of aliphatic hydroxyl groups is 3. The van der Waals surface area contributed by atoms with Crippen LogP contribution < -0.4 is 0 Å². The first-order valence-electron chi connectivity index (χ1n) is 10.3. The summed E-state index contributed by atoms with van der Waals surface area (Å²) in [5.41, 5.74) is 1.50. The first kappa shape index (κ1) is 19.0. The molecular weight excluding hydrogens is 312 g/mol. The molecule has 3 aliphatic rings. The summed E-state index contributed by atoms with van der Waals surface area (Å²) in [5.74, 6) is 8.18. The molecular formula is C22H34O3. The molecule has 0 aromatic rings. The maximum atomic E-state index is 10.5. The fraction of sp³-hybridized carbons (Fsp3) is 0.818. The minimum atomic E-state index is -0.525. The average Bonchev–Trinajstić information content (AvgIpc) is 2.64. The van der Waals surface area contributed by atoms with E-state index in [4.69, 9.17) is 5.11 Å². The largest absolute Gasteiger partial charge is 0.396 e. The Labute approximate surface area is 152 Å². The molecule has 3 rings (SSSR count). The van der Waals surface area contributed by atoms with E-state index in [9.17, 15) is 10.2 Å². The maximum Gasteiger partial charge on any atom is 0.117 e. The normalized spacial score (nSPS) is 38.4. The summed E-state index contributed by atoms with van der Waals surface area (Å²) in [6, 6.07) is 0. The van der Waals surface area contributed by atoms with E-state index in [0.717, 1.165) is 38.5 Å². The Bertz CT molecular complexity index is 523. The van der Waals surface area contributed by atoms with Crippen LogP contribution in [0.3, 0.4) is 0 Å². The fourth-order valence-corrected chi connectivity index (χ4v) is 5.36. The van der Waals surface area contributed by atoms with Gasteiger partial charge >= 0.3 is 0 Å². The number of rotatable bonds is 4. The molecule has 0 saturated heterocycles. The van der Waals surface area contributed by atoms with Crippen LogP contribution in [0.15, 0.2) is 11.6 Å². The van der Waals surface area contributed by atoms with Crippen molar-refractivity contribution in [2.45, 2.75) is 76.9 Å². The molecule has 0 radical (unpaired) electrons. The SMILES string of the molecule is CC1/C(=C/CCCO)[C@H]2CC[C@@H](O)[C@H](C#CC(O)C3CCCCC3)[C@@H]12. The van der Waals surface area contributed by atoms with Crippen LogP contribution in [0.2, 0.25) is 0 Å². The summed E-state index contributed by atoms with van der Waals surface area (Å²) in [6.45, 7) is 2.49. The lowest BCUT2D eigenvalue weighted by Gasteiger charge is -2.53. The number of hydrogen-bond donors (Lipinski definition) is 3. The van der Waals surface area contributed by atoms with Gasteiger partial charge in [0.15, 0.2) is 0 Å². The van der Waals surface area contributed by atoms with Crippen LogP contribution in [0.25, 0.3) is 0 Å². The van der Waals surface area contributed by atoms with Crippen molar-refractivity contribution in [3.63, 3.8) is 0 Å². The minimum absolute atomic E-state index is 0.00184. The molecule has 0 amide bonds. The summed E-state index contributed by atoms with van der Waals surface area (Å²) >= 11 is 0. The highest BCUT2D eigenvalue weighted by Gasteiger charge is 2.50. The molecule has 3 N–H and O–H groups in total. The van der Waals surface area contributed by atoms with Crippen molar-refractivity contribution in [3.05, 3.63) is 11.6 Å². The van der Waals surface area contributed by atoms with Gasteiger partial charge in [-0.1, -0.05) is 49.7 Å². The van der Waals surface area contributed by atoms with E-state index in [1.807, 2.05) is 0 Å². The van der Waals surface area contributed by atoms with Gasteiger partial charge in [0.1, 0.15) is 6.10 Å². The zero-order valence-electron chi connectivity index (χ0n) is 15.5. The van der Waals surface area contributed by atoms with Crippen LogP contribution >= 0.6 is 0 Å². The summed E-state index contributed by atoms with van der Waals surface area (Å²) in [6.07, 6.45) is 10.9. The molecule has 3 nitrogen and oxygen atoms in total. The van der Waals surface area contributed by atoms with Gasteiger partial charge in [0.05, 0.1) is 12.0 Å². The van der Waals surface area contributed by atoms with Crippen LogP contribution in [0.4, 0.5) is 0 Å². The molecule has 0 aliphatic heterocycles. The van der Waals surface area contributed by atoms with E-state index >= 15 is 0 Å². The maximum absolute atomic E-state index is 10.5. The molecule has 3 aliphatic carbocycles. The highest BCUT2D eigenvalue weighted by molar-refractivity contribution is 5.29. The van der Waals surface area contributed by atoms with Crippen LogP contribution in [-0.2, 0) is 0 Å². The number of hydrogen-bond acceptors (Lipinski definition) is 3. The molecule has 0 heterocycles. The molecule has 6 atom stereocenters. The molecule has 2 unspecified atom stereocenters. The van der Waals surface area contributed by atoms with Crippen molar-refractivity contribution in [3.8, 4) is 11.8 Å². The third-order valence-electron chi connectivity index (χ3n) is 6.84. The van der Waals surface area contributed by atoms with Gasteiger partial charge < -0.3 is 15.3 Å². The molecule has 0 spiro atoms. The van der Waals surface area contributed by atoms with Gasteiger partial charge in [-0.15, -0.1) is 0 Å². The molecule has 3 heteroatoms. The monoisotopic (exact) mass is 346 g/mol. The second-order valence-corrected chi connectivity index (χ2v) is 8.34. The molecule has 0 bridgehead atoms. The highest BCUT2D eigenvalue weighted by Crippen LogP contribution is 2.55. The Morgan fingerprint density at radius 1 is 1.16 bits per heavy atom. The Morgan fingerprint density at radius 3 is 2.64 bits per heavy atom. The Kier molecular flexibility index (Phi) is 6.61. The lowest BCUT2D eigenvalue weighted by Crippen LogP contribution is -2.50. The van der Waals surface area contributed by atoms with Gasteiger partial charge in [0, 0.05) is 6.61 Å². The third-order valence-corrected chi connectivity index (χ3v) is 6.84. The quantitative estimate of drug-likeness (QED) is 0.416. The fourth-order valence-electron chi connectivity index (χ4n) is 5.36. The molecule has 0 aromatic heterocycles. The molecule has 3 fully saturated rings. The highest BCUT2D eigenvalue weighted by atomic mass is 16.3. The van der Waals surface area contributed by atoms with Gasteiger partial charge in [0.25, 0.3) is 0 Å². The topological polar surface area (TPSA) is 60.7 Å². The number of allylic oxidation sites excluding steroid dienone is 2. The van der Waals surface area contributed by atoms with Gasteiger partial charge in [-0.3, -0.25) is 0 Å². The van der Waals surface area contributed by atoms with Gasteiger partial charge in [-0.2, -0.15) is 0 Å². The second-order valence-electron chi connectivity index (χ2n) is 8.34. The Balaban J connectivity index is 1.65. The lowest BCUT2D eigenvalue weighted by molar-refractivity contribution is -0.0141. The molecule has 140 valence electrons. The van der Waals surface area contributed by atoms with Crippen LogP contribution in [0.1, 0.15) is 64.7 Å². The number of fused-ring (bicyclic) bond motifs is 1. The summed E-state index contributed by atoms with van der Waals surface area (Å²) in [7, 11) is 0. The minimum Gasteiger partial charge on any atom is -0.396 e. The van der Waals surface area contributed by atoms with Crippen molar-refractivity contribution in [2.75, 3.05) is 6.61 Å². The third kappa shape index (κ3) is 4.13. The van der Waals surface area contributed by atoms with Crippen molar-refractivity contribution in [1.82, 2.24) is 0 Å². The smallest absolute Gasteiger partial charge is 0.117 e. The average molecular weight is 347 g/mol. The molecule has 25 heavy (non-hydrogen) atoms. The summed E-state index contributed by atoms with van der Waals surface area (Å²) in [4.78, 5) is 0. The van der Waals surface area contributed by atoms with Crippen LogP contribution in [0.5, 0.6) is 0 Å². The first-order chi connectivity index (χ1) is 12.1. The summed E-state index contributed by atoms with van der Waals surface area (Å²) < 4.78 is 0. The summed E-state index contributed by atoms with van der Waals surface area (Å²) in [5, 5.41) is 29.9. The Morgan fingerprint density at radius 2 is 1.92 bits per heavy atom. The van der Waals surface area contributed by atoms with Gasteiger partial charge in [-0.05, 0) is 62.2 Å². The van der Waals surface area contributed by atoms with Crippen molar-refractivity contribution in [2.24, 2.45) is 29.6 Å². The number of unbranched alkanes of at least 4 members (excludes halogenated alkanes) is 1. The van der Waals surface area contributed by atoms with Gasteiger partial charge in [-0.25, -0.2) is 0 Å². The number of aliphatic hydroxyl groups excluding tert-OH is 3. The zero-order valence-corrected chi connectivity index (χ0v) is 15.5. The first-order valence-corrected chi connectivity index (χ1v) is 10.3. The molecule has 3 saturated carbocycles. The lowest BCUT2D eigenvalue weighted by atomic mass is 9.51. The zero-order chi connectivity index (χ0) is 17.8. The Hall–Kier alpha value is -0.820. The standard InChI is InChI=1S/C22H34O3/c1-15-17(9-5-6-14-23)18-10-13-21(25)19(22(15)18)11-12-20(24)16-7-3-2-4-8-16/h9,15-16,18-25H,2-8,10,13-14H2,1H3/b17-9-/t15?,18-,19+,20?,21-,22+/m1/s1. The van der Waals surface area contributed by atoms with E-state index in [1.165, 1.54) is 24.8 Å². The second kappa shape index (κ2) is 8.71. The van der Waals surface area contributed by atoms with Crippen molar-refractivity contribution < 1.29 is 15.3 Å². The van der Waals surface area contributed by atoms with E-state index < -0.39 is 6.10 Å². The predicted molar refractivity (Wildman–Crippen MR) is 99.6 cm³/mol. The molecule has 0 aromatic carbocycles. The predicted octanol–water partition coefficient (Wildman–Crippen LogP) is 3.28. The van der Waals surface area contributed by atoms with E-state index in [0.29, 0.717) is 23.7 Å². The van der Waals surface area contributed by atoms with E-state index in [1.54, 1.807) is 0 Å².